The molecule has 0 atom stereocenters. The van der Waals surface area contributed by atoms with Crippen molar-refractivity contribution in [2.75, 3.05) is 6.26 Å². The fourth-order valence-electron chi connectivity index (χ4n) is 1.41. The van der Waals surface area contributed by atoms with E-state index in [1.54, 1.807) is 11.8 Å². The van der Waals surface area contributed by atoms with Gasteiger partial charge in [-0.1, -0.05) is 36.9 Å². The number of benzene rings is 1. The first-order chi connectivity index (χ1) is 7.98. The van der Waals surface area contributed by atoms with Gasteiger partial charge in [0.1, 0.15) is 5.04 Å². The van der Waals surface area contributed by atoms with Crippen molar-refractivity contribution < 1.29 is 0 Å². The summed E-state index contributed by atoms with van der Waals surface area (Å²) in [5.41, 5.74) is 5.01. The van der Waals surface area contributed by atoms with Crippen molar-refractivity contribution in [2.45, 2.75) is 26.3 Å². The summed E-state index contributed by atoms with van der Waals surface area (Å²) in [5.74, 6) is 0. The Morgan fingerprint density at radius 2 is 1.82 bits per heavy atom. The van der Waals surface area contributed by atoms with Crippen molar-refractivity contribution >= 4 is 22.4 Å². The molecule has 90 valence electrons. The predicted molar refractivity (Wildman–Crippen MR) is 79.7 cm³/mol. The summed E-state index contributed by atoms with van der Waals surface area (Å²) in [4.78, 5) is 4.71. The molecule has 2 heteroatoms. The molecule has 0 aliphatic heterocycles. The highest BCUT2D eigenvalue weighted by molar-refractivity contribution is 8.14. The third-order valence-electron chi connectivity index (χ3n) is 2.08. The summed E-state index contributed by atoms with van der Waals surface area (Å²) in [5, 5.41) is 0.985. The summed E-state index contributed by atoms with van der Waals surface area (Å²) < 4.78 is 0. The van der Waals surface area contributed by atoms with E-state index < -0.39 is 0 Å². The molecule has 0 N–H and O–H groups in total. The molecule has 0 spiro atoms. The van der Waals surface area contributed by atoms with E-state index in [1.807, 2.05) is 24.5 Å². The molecular formula is C15H19NS. The second kappa shape index (κ2) is 5.90. The number of rotatable bonds is 2. The van der Waals surface area contributed by atoms with Gasteiger partial charge in [0.15, 0.2) is 0 Å². The molecule has 0 radical (unpaired) electrons. The minimum Gasteiger partial charge on any atom is -0.271 e. The third kappa shape index (κ3) is 4.26. The minimum atomic E-state index is -0.0881. The molecule has 1 rings (SSSR count). The first-order valence-electron chi connectivity index (χ1n) is 5.57. The van der Waals surface area contributed by atoms with Crippen LogP contribution in [-0.2, 0) is 0 Å². The molecule has 1 nitrogen and oxygen atoms in total. The van der Waals surface area contributed by atoms with Crippen LogP contribution in [0.5, 0.6) is 0 Å². The van der Waals surface area contributed by atoms with E-state index in [0.717, 1.165) is 16.2 Å². The van der Waals surface area contributed by atoms with Gasteiger partial charge in [-0.15, -0.1) is 17.5 Å². The summed E-state index contributed by atoms with van der Waals surface area (Å²) in [6.07, 6.45) is 2.03. The molecule has 0 aromatic heterocycles. The van der Waals surface area contributed by atoms with Crippen LogP contribution in [0, 0.1) is 0 Å². The van der Waals surface area contributed by atoms with Crippen LogP contribution in [0.2, 0.25) is 0 Å². The van der Waals surface area contributed by atoms with Gasteiger partial charge in [0, 0.05) is 0 Å². The van der Waals surface area contributed by atoms with E-state index in [2.05, 4.69) is 45.2 Å². The van der Waals surface area contributed by atoms with Crippen LogP contribution in [0.25, 0.3) is 5.57 Å². The smallest absolute Gasteiger partial charge is 0.106 e. The van der Waals surface area contributed by atoms with E-state index in [-0.39, 0.29) is 5.54 Å². The number of hydrogen-bond acceptors (Lipinski definition) is 2. The Labute approximate surface area is 108 Å². The van der Waals surface area contributed by atoms with Crippen molar-refractivity contribution in [3.05, 3.63) is 48.2 Å². The largest absolute Gasteiger partial charge is 0.271 e. The van der Waals surface area contributed by atoms with Gasteiger partial charge >= 0.3 is 0 Å². The Balaban J connectivity index is 3.20. The van der Waals surface area contributed by atoms with Crippen LogP contribution in [0.4, 0.5) is 0 Å². The lowest BCUT2D eigenvalue weighted by Crippen LogP contribution is -2.13. The lowest BCUT2D eigenvalue weighted by Gasteiger charge is -2.16. The van der Waals surface area contributed by atoms with Gasteiger partial charge < -0.3 is 0 Å². The molecule has 17 heavy (non-hydrogen) atoms. The maximum absolute atomic E-state index is 4.71. The summed E-state index contributed by atoms with van der Waals surface area (Å²) in [6, 6.07) is 10.1. The summed E-state index contributed by atoms with van der Waals surface area (Å²) >= 11 is 1.63. The van der Waals surface area contributed by atoms with E-state index in [1.165, 1.54) is 0 Å². The topological polar surface area (TPSA) is 12.4 Å². The van der Waals surface area contributed by atoms with Gasteiger partial charge in [-0.05, 0) is 32.6 Å². The van der Waals surface area contributed by atoms with Gasteiger partial charge in [-0.2, -0.15) is 0 Å². The fraction of sp³-hybridized carbons (Fsp3) is 0.333. The van der Waals surface area contributed by atoms with Gasteiger partial charge in [-0.25, -0.2) is 0 Å². The molecule has 1 aromatic rings. The van der Waals surface area contributed by atoms with Crippen LogP contribution in [0.15, 0.2) is 47.6 Å². The third-order valence-corrected chi connectivity index (χ3v) is 2.77. The van der Waals surface area contributed by atoms with Gasteiger partial charge in [0.05, 0.1) is 11.1 Å². The van der Waals surface area contributed by atoms with Gasteiger partial charge in [0.25, 0.3) is 0 Å². The zero-order chi connectivity index (χ0) is 12.9. The van der Waals surface area contributed by atoms with Crippen molar-refractivity contribution in [1.29, 1.82) is 0 Å². The van der Waals surface area contributed by atoms with Gasteiger partial charge in [0.2, 0.25) is 0 Å². The Bertz CT molecular complexity index is 446. The van der Waals surface area contributed by atoms with E-state index in [9.17, 15) is 0 Å². The molecule has 0 saturated heterocycles. The van der Waals surface area contributed by atoms with Crippen molar-refractivity contribution in [3.8, 4) is 0 Å². The highest BCUT2D eigenvalue weighted by Crippen LogP contribution is 2.23. The highest BCUT2D eigenvalue weighted by atomic mass is 32.2. The number of aliphatic imine (C=N–C) groups is 1. The molecular weight excluding hydrogens is 226 g/mol. The van der Waals surface area contributed by atoms with Crippen molar-refractivity contribution in [3.63, 3.8) is 0 Å². The monoisotopic (exact) mass is 245 g/mol. The quantitative estimate of drug-likeness (QED) is 0.427. The summed E-state index contributed by atoms with van der Waals surface area (Å²) in [6.45, 7) is 10.1. The zero-order valence-corrected chi connectivity index (χ0v) is 11.8. The SMILES string of the molecule is C=C=C(C(=NC(C)(C)C)SC)c1ccccc1. The van der Waals surface area contributed by atoms with Crippen LogP contribution in [-0.4, -0.2) is 16.8 Å². The second-order valence-electron chi connectivity index (χ2n) is 4.71. The molecule has 0 saturated carbocycles. The summed E-state index contributed by atoms with van der Waals surface area (Å²) in [7, 11) is 0. The molecule has 0 amide bonds. The standard InChI is InChI=1S/C15H19NS/c1-6-13(12-10-8-7-9-11-12)14(17-5)16-15(2,3)4/h7-11H,1H2,2-5H3. The Kier molecular flexibility index (Phi) is 4.80. The van der Waals surface area contributed by atoms with Crippen molar-refractivity contribution in [2.24, 2.45) is 4.99 Å². The molecule has 0 unspecified atom stereocenters. The first-order valence-corrected chi connectivity index (χ1v) is 6.80. The normalized spacial score (nSPS) is 12.1. The fourth-order valence-corrected chi connectivity index (χ4v) is 2.17. The highest BCUT2D eigenvalue weighted by Gasteiger charge is 2.13. The van der Waals surface area contributed by atoms with Crippen LogP contribution in [0.1, 0.15) is 26.3 Å². The van der Waals surface area contributed by atoms with E-state index >= 15 is 0 Å². The number of hydrogen-bond donors (Lipinski definition) is 0. The average Bonchev–Trinajstić information content (AvgIpc) is 2.28. The van der Waals surface area contributed by atoms with Gasteiger partial charge in [-0.3, -0.25) is 4.99 Å². The van der Waals surface area contributed by atoms with Crippen LogP contribution < -0.4 is 0 Å². The first kappa shape index (κ1) is 13.8. The van der Waals surface area contributed by atoms with E-state index in [0.29, 0.717) is 0 Å². The molecule has 0 heterocycles. The second-order valence-corrected chi connectivity index (χ2v) is 5.50. The van der Waals surface area contributed by atoms with Crippen LogP contribution >= 0.6 is 11.8 Å². The molecule has 1 aromatic carbocycles. The number of thioether (sulfide) groups is 1. The Morgan fingerprint density at radius 1 is 1.24 bits per heavy atom. The maximum Gasteiger partial charge on any atom is 0.106 e. The Morgan fingerprint density at radius 3 is 2.24 bits per heavy atom. The predicted octanol–water partition coefficient (Wildman–Crippen LogP) is 4.41. The number of nitrogens with zero attached hydrogens (tertiary/aromatic N) is 1. The lowest BCUT2D eigenvalue weighted by molar-refractivity contribution is 0.586. The molecule has 0 aliphatic rings. The van der Waals surface area contributed by atoms with Crippen LogP contribution in [0.3, 0.4) is 0 Å². The molecule has 0 aliphatic carbocycles. The Hall–Kier alpha value is -1.24. The zero-order valence-electron chi connectivity index (χ0n) is 10.9. The molecule has 0 fully saturated rings. The average molecular weight is 245 g/mol. The lowest BCUT2D eigenvalue weighted by atomic mass is 10.1. The minimum absolute atomic E-state index is 0.0881. The molecule has 0 bridgehead atoms. The van der Waals surface area contributed by atoms with E-state index in [4.69, 9.17) is 4.99 Å². The maximum atomic E-state index is 4.71. The van der Waals surface area contributed by atoms with Crippen molar-refractivity contribution in [1.82, 2.24) is 0 Å².